The first-order chi connectivity index (χ1) is 11.9. The third-order valence-electron chi connectivity index (χ3n) is 4.34. The zero-order valence-corrected chi connectivity index (χ0v) is 14.3. The molecule has 1 atom stereocenters. The monoisotopic (exact) mass is 359 g/mol. The zero-order chi connectivity index (χ0) is 18.0. The van der Waals surface area contributed by atoms with Crippen LogP contribution >= 0.6 is 11.6 Å². The van der Waals surface area contributed by atoms with Crippen LogP contribution in [-0.2, 0) is 12.0 Å². The molecule has 128 valence electrons. The van der Waals surface area contributed by atoms with Gasteiger partial charge in [0, 0.05) is 22.1 Å². The number of halogens is 3. The lowest BCUT2D eigenvalue weighted by Gasteiger charge is -2.33. The predicted molar refractivity (Wildman–Crippen MR) is 94.2 cm³/mol. The van der Waals surface area contributed by atoms with Crippen molar-refractivity contribution in [3.8, 4) is 0 Å². The van der Waals surface area contributed by atoms with Gasteiger partial charge >= 0.3 is 0 Å². The van der Waals surface area contributed by atoms with Crippen molar-refractivity contribution in [2.45, 2.75) is 18.9 Å². The largest absolute Gasteiger partial charge is 0.252 e. The number of hydrogen-bond acceptors (Lipinski definition) is 2. The van der Waals surface area contributed by atoms with E-state index in [0.29, 0.717) is 21.7 Å². The lowest BCUT2D eigenvalue weighted by Crippen LogP contribution is -2.31. The Balaban J connectivity index is 2.15. The van der Waals surface area contributed by atoms with Gasteiger partial charge in [-0.2, -0.15) is 5.10 Å². The molecule has 1 heterocycles. The van der Waals surface area contributed by atoms with Crippen LogP contribution in [-0.4, -0.2) is 14.8 Å². The molecule has 25 heavy (non-hydrogen) atoms. The molecule has 0 aliphatic heterocycles. The van der Waals surface area contributed by atoms with E-state index in [0.717, 1.165) is 6.07 Å². The smallest absolute Gasteiger partial charge is 0.137 e. The van der Waals surface area contributed by atoms with Crippen molar-refractivity contribution in [1.82, 2.24) is 14.8 Å². The maximum absolute atomic E-state index is 14.6. The van der Waals surface area contributed by atoms with Gasteiger partial charge in [-0.3, -0.25) is 4.68 Å². The molecule has 0 fully saturated rings. The summed E-state index contributed by atoms with van der Waals surface area (Å²) in [5.74, 6) is -1.27. The third-order valence-corrected chi connectivity index (χ3v) is 4.67. The first-order valence-corrected chi connectivity index (χ1v) is 8.02. The highest BCUT2D eigenvalue weighted by Gasteiger charge is 2.35. The Morgan fingerprint density at radius 2 is 2.00 bits per heavy atom. The van der Waals surface area contributed by atoms with Crippen molar-refractivity contribution in [1.29, 1.82) is 0 Å². The molecule has 0 bridgehead atoms. The lowest BCUT2D eigenvalue weighted by atomic mass is 9.73. The van der Waals surface area contributed by atoms with Crippen LogP contribution in [0.1, 0.15) is 18.1 Å². The summed E-state index contributed by atoms with van der Waals surface area (Å²) in [6, 6.07) is 10.8. The molecule has 0 spiro atoms. The standard InChI is InChI=1S/C19H16ClF2N3/c1-13(15-5-3-4-6-17(15)20)19(2,10-25-12-23-11-24-25)16-8-7-14(21)9-18(16)22/h3-9,11-12H,1,10H2,2H3. The number of benzene rings is 2. The SMILES string of the molecule is C=C(c1ccccc1Cl)C(C)(Cn1cncn1)c1ccc(F)cc1F. The summed E-state index contributed by atoms with van der Waals surface area (Å²) < 4.78 is 29.6. The Morgan fingerprint density at radius 3 is 2.64 bits per heavy atom. The predicted octanol–water partition coefficient (Wildman–Crippen LogP) is 4.88. The minimum atomic E-state index is -0.906. The molecular formula is C19H16ClF2N3. The van der Waals surface area contributed by atoms with Gasteiger partial charge in [-0.1, -0.05) is 42.4 Å². The van der Waals surface area contributed by atoms with Gasteiger partial charge in [0.15, 0.2) is 0 Å². The van der Waals surface area contributed by atoms with Gasteiger partial charge in [-0.05, 0) is 30.2 Å². The highest BCUT2D eigenvalue weighted by Crippen LogP contribution is 2.41. The molecule has 3 nitrogen and oxygen atoms in total. The van der Waals surface area contributed by atoms with E-state index in [1.54, 1.807) is 17.1 Å². The summed E-state index contributed by atoms with van der Waals surface area (Å²) in [5.41, 5.74) is 0.722. The molecule has 1 unspecified atom stereocenters. The second-order valence-corrected chi connectivity index (χ2v) is 6.41. The average molecular weight is 360 g/mol. The second-order valence-electron chi connectivity index (χ2n) is 6.01. The number of allylic oxidation sites excluding steroid dienone is 1. The van der Waals surface area contributed by atoms with Gasteiger partial charge in [0.25, 0.3) is 0 Å². The van der Waals surface area contributed by atoms with Crippen molar-refractivity contribution in [3.63, 3.8) is 0 Å². The summed E-state index contributed by atoms with van der Waals surface area (Å²) in [7, 11) is 0. The molecule has 0 aliphatic rings. The minimum Gasteiger partial charge on any atom is -0.252 e. The third kappa shape index (κ3) is 3.33. The molecule has 0 saturated heterocycles. The molecule has 6 heteroatoms. The fourth-order valence-electron chi connectivity index (χ4n) is 2.92. The average Bonchev–Trinajstić information content (AvgIpc) is 3.07. The van der Waals surface area contributed by atoms with E-state index in [4.69, 9.17) is 11.6 Å². The fourth-order valence-corrected chi connectivity index (χ4v) is 3.17. The van der Waals surface area contributed by atoms with Gasteiger partial charge < -0.3 is 0 Å². The summed E-state index contributed by atoms with van der Waals surface area (Å²) in [5, 5.41) is 4.62. The lowest BCUT2D eigenvalue weighted by molar-refractivity contribution is 0.440. The maximum atomic E-state index is 14.6. The maximum Gasteiger partial charge on any atom is 0.137 e. The van der Waals surface area contributed by atoms with Gasteiger partial charge in [0.05, 0.1) is 6.54 Å². The Labute approximate surface area is 149 Å². The number of rotatable bonds is 5. The summed E-state index contributed by atoms with van der Waals surface area (Å²) in [6.07, 6.45) is 2.94. The first kappa shape index (κ1) is 17.3. The number of nitrogens with zero attached hydrogens (tertiary/aromatic N) is 3. The van der Waals surface area contributed by atoms with E-state index in [-0.39, 0.29) is 6.54 Å². The van der Waals surface area contributed by atoms with Crippen LogP contribution < -0.4 is 0 Å². The Kier molecular flexibility index (Phi) is 4.68. The molecule has 3 aromatic rings. The molecule has 0 saturated carbocycles. The van der Waals surface area contributed by atoms with Crippen LogP contribution in [0.5, 0.6) is 0 Å². The van der Waals surface area contributed by atoms with Crippen molar-refractivity contribution in [2.75, 3.05) is 0 Å². The Morgan fingerprint density at radius 1 is 1.24 bits per heavy atom. The van der Waals surface area contributed by atoms with Crippen LogP contribution in [0.3, 0.4) is 0 Å². The van der Waals surface area contributed by atoms with E-state index in [1.807, 2.05) is 25.1 Å². The molecule has 3 rings (SSSR count). The number of aromatic nitrogens is 3. The Bertz CT molecular complexity index is 909. The van der Waals surface area contributed by atoms with Crippen molar-refractivity contribution in [2.24, 2.45) is 0 Å². The van der Waals surface area contributed by atoms with Crippen molar-refractivity contribution < 1.29 is 8.78 Å². The van der Waals surface area contributed by atoms with Gasteiger partial charge in [-0.25, -0.2) is 13.8 Å². The summed E-state index contributed by atoms with van der Waals surface area (Å²) >= 11 is 6.31. The normalized spacial score (nSPS) is 13.4. The van der Waals surface area contributed by atoms with Crippen LogP contribution in [0.4, 0.5) is 8.78 Å². The molecule has 1 aromatic heterocycles. The molecule has 2 aromatic carbocycles. The molecule has 0 radical (unpaired) electrons. The molecule has 0 N–H and O–H groups in total. The zero-order valence-electron chi connectivity index (χ0n) is 13.6. The Hall–Kier alpha value is -2.53. The van der Waals surface area contributed by atoms with E-state index in [2.05, 4.69) is 16.7 Å². The van der Waals surface area contributed by atoms with E-state index < -0.39 is 17.0 Å². The van der Waals surface area contributed by atoms with Gasteiger partial charge in [-0.15, -0.1) is 0 Å². The second kappa shape index (κ2) is 6.76. The molecule has 0 aliphatic carbocycles. The van der Waals surface area contributed by atoms with E-state index in [9.17, 15) is 8.78 Å². The summed E-state index contributed by atoms with van der Waals surface area (Å²) in [6.45, 7) is 6.28. The van der Waals surface area contributed by atoms with Crippen LogP contribution in [0.2, 0.25) is 5.02 Å². The first-order valence-electron chi connectivity index (χ1n) is 7.64. The van der Waals surface area contributed by atoms with Crippen molar-refractivity contribution >= 4 is 17.2 Å². The molecule has 0 amide bonds. The van der Waals surface area contributed by atoms with E-state index >= 15 is 0 Å². The van der Waals surface area contributed by atoms with E-state index in [1.165, 1.54) is 18.5 Å². The van der Waals surface area contributed by atoms with Gasteiger partial charge in [0.1, 0.15) is 24.3 Å². The number of hydrogen-bond donors (Lipinski definition) is 0. The highest BCUT2D eigenvalue weighted by molar-refractivity contribution is 6.32. The van der Waals surface area contributed by atoms with Crippen molar-refractivity contribution in [3.05, 3.63) is 89.5 Å². The fraction of sp³-hybridized carbons (Fsp3) is 0.158. The summed E-state index contributed by atoms with van der Waals surface area (Å²) in [4.78, 5) is 3.93. The van der Waals surface area contributed by atoms with Crippen LogP contribution in [0, 0.1) is 11.6 Å². The van der Waals surface area contributed by atoms with Crippen LogP contribution in [0.25, 0.3) is 5.57 Å². The molecular weight excluding hydrogens is 344 g/mol. The topological polar surface area (TPSA) is 30.7 Å². The quantitative estimate of drug-likeness (QED) is 0.650. The highest BCUT2D eigenvalue weighted by atomic mass is 35.5. The van der Waals surface area contributed by atoms with Crippen LogP contribution in [0.15, 0.2) is 61.7 Å². The minimum absolute atomic E-state index is 0.277. The van der Waals surface area contributed by atoms with Gasteiger partial charge in [0.2, 0.25) is 0 Å².